The molecule has 1 unspecified atom stereocenters. The Kier molecular flexibility index (Phi) is 9.39. The Morgan fingerprint density at radius 1 is 1.15 bits per heavy atom. The number of benzene rings is 2. The third-order valence-corrected chi connectivity index (χ3v) is 4.74. The minimum absolute atomic E-state index is 0. The number of amides is 1. The van der Waals surface area contributed by atoms with Crippen molar-refractivity contribution in [1.82, 2.24) is 5.32 Å². The fourth-order valence-corrected chi connectivity index (χ4v) is 3.24. The van der Waals surface area contributed by atoms with E-state index in [2.05, 4.69) is 10.2 Å². The molecule has 1 amide bonds. The summed E-state index contributed by atoms with van der Waals surface area (Å²) in [6.45, 7) is 2.51. The van der Waals surface area contributed by atoms with Crippen LogP contribution in [0.5, 0.6) is 0 Å². The molecule has 0 radical (unpaired) electrons. The van der Waals surface area contributed by atoms with Crippen LogP contribution in [0.4, 0.5) is 15.8 Å². The van der Waals surface area contributed by atoms with Crippen molar-refractivity contribution in [2.75, 3.05) is 30.3 Å². The molecule has 148 valence electrons. The minimum Gasteiger partial charge on any atom is -0.399 e. The van der Waals surface area contributed by atoms with Crippen molar-refractivity contribution in [3.8, 4) is 0 Å². The first-order chi connectivity index (χ1) is 12.1. The van der Waals surface area contributed by atoms with Gasteiger partial charge in [-0.1, -0.05) is 18.2 Å². The maximum absolute atomic E-state index is 13.0. The molecule has 1 atom stereocenters. The van der Waals surface area contributed by atoms with Gasteiger partial charge in [0.15, 0.2) is 0 Å². The minimum atomic E-state index is -0.217. The van der Waals surface area contributed by atoms with E-state index in [0.29, 0.717) is 25.3 Å². The monoisotopic (exact) mass is 413 g/mol. The molecule has 1 fully saturated rings. The molecule has 3 N–H and O–H groups in total. The van der Waals surface area contributed by atoms with E-state index in [4.69, 9.17) is 5.73 Å². The van der Waals surface area contributed by atoms with Crippen LogP contribution in [0.3, 0.4) is 0 Å². The lowest BCUT2D eigenvalue weighted by molar-refractivity contribution is -0.121. The lowest BCUT2D eigenvalue weighted by Gasteiger charge is -2.18. The first kappa shape index (κ1) is 23.1. The number of aryl methyl sites for hydroxylation is 1. The summed E-state index contributed by atoms with van der Waals surface area (Å²) < 4.78 is 13.0. The number of anilines is 2. The molecule has 7 heteroatoms. The fourth-order valence-electron chi connectivity index (χ4n) is 3.24. The quantitative estimate of drug-likeness (QED) is 0.707. The van der Waals surface area contributed by atoms with E-state index in [1.807, 2.05) is 24.3 Å². The number of halogens is 3. The first-order valence-electron chi connectivity index (χ1n) is 8.72. The highest BCUT2D eigenvalue weighted by molar-refractivity contribution is 5.85. The van der Waals surface area contributed by atoms with Gasteiger partial charge in [-0.15, -0.1) is 24.8 Å². The van der Waals surface area contributed by atoms with Crippen molar-refractivity contribution in [2.45, 2.75) is 19.3 Å². The van der Waals surface area contributed by atoms with E-state index < -0.39 is 0 Å². The summed E-state index contributed by atoms with van der Waals surface area (Å²) in [7, 11) is 0. The van der Waals surface area contributed by atoms with Gasteiger partial charge < -0.3 is 16.0 Å². The maximum Gasteiger partial charge on any atom is 0.220 e. The standard InChI is InChI=1S/C20H24FN3O.2ClH/c21-17-6-8-18(9-7-17)24-12-11-15(14-24)13-23-20(25)10-5-16-3-1-2-4-19(16)22;;/h1-4,6-9,15H,5,10-14,22H2,(H,23,25);2*1H. The van der Waals surface area contributed by atoms with Crippen LogP contribution in [-0.2, 0) is 11.2 Å². The molecule has 2 aromatic carbocycles. The highest BCUT2D eigenvalue weighted by Crippen LogP contribution is 2.23. The number of carbonyl (C=O) groups excluding carboxylic acids is 1. The number of nitrogens with two attached hydrogens (primary N) is 1. The zero-order valence-corrected chi connectivity index (χ0v) is 16.7. The van der Waals surface area contributed by atoms with Gasteiger partial charge >= 0.3 is 0 Å². The average Bonchev–Trinajstić information content (AvgIpc) is 3.09. The van der Waals surface area contributed by atoms with Crippen LogP contribution >= 0.6 is 24.8 Å². The molecule has 0 aromatic heterocycles. The zero-order chi connectivity index (χ0) is 17.6. The maximum atomic E-state index is 13.0. The smallest absolute Gasteiger partial charge is 0.220 e. The highest BCUT2D eigenvalue weighted by atomic mass is 35.5. The van der Waals surface area contributed by atoms with E-state index >= 15 is 0 Å². The van der Waals surface area contributed by atoms with Crippen LogP contribution in [0.1, 0.15) is 18.4 Å². The Morgan fingerprint density at radius 3 is 2.56 bits per heavy atom. The van der Waals surface area contributed by atoms with Crippen molar-refractivity contribution in [3.63, 3.8) is 0 Å². The third-order valence-electron chi connectivity index (χ3n) is 4.74. The lowest BCUT2D eigenvalue weighted by atomic mass is 10.1. The summed E-state index contributed by atoms with van der Waals surface area (Å²) >= 11 is 0. The van der Waals surface area contributed by atoms with Crippen molar-refractivity contribution in [1.29, 1.82) is 0 Å². The van der Waals surface area contributed by atoms with E-state index in [1.54, 1.807) is 12.1 Å². The largest absolute Gasteiger partial charge is 0.399 e. The molecule has 0 spiro atoms. The van der Waals surface area contributed by atoms with E-state index in [9.17, 15) is 9.18 Å². The summed E-state index contributed by atoms with van der Waals surface area (Å²) in [5.41, 5.74) is 8.69. The molecule has 1 heterocycles. The second kappa shape index (κ2) is 11.0. The molecular weight excluding hydrogens is 388 g/mol. The number of nitrogens with one attached hydrogen (secondary N) is 1. The Hall–Kier alpha value is -1.98. The molecule has 2 aromatic rings. The van der Waals surface area contributed by atoms with Crippen LogP contribution in [0.25, 0.3) is 0 Å². The molecular formula is C20H26Cl2FN3O. The van der Waals surface area contributed by atoms with Gasteiger partial charge in [-0.3, -0.25) is 4.79 Å². The number of para-hydroxylation sites is 1. The van der Waals surface area contributed by atoms with Crippen LogP contribution in [-0.4, -0.2) is 25.5 Å². The van der Waals surface area contributed by atoms with Gasteiger partial charge in [-0.25, -0.2) is 4.39 Å². The second-order valence-electron chi connectivity index (χ2n) is 6.58. The van der Waals surface area contributed by atoms with Crippen molar-refractivity contribution < 1.29 is 9.18 Å². The predicted octanol–water partition coefficient (Wildman–Crippen LogP) is 3.83. The Balaban J connectivity index is 0.00000182. The van der Waals surface area contributed by atoms with Gasteiger partial charge in [0.2, 0.25) is 5.91 Å². The van der Waals surface area contributed by atoms with E-state index in [0.717, 1.165) is 36.4 Å². The molecule has 1 aliphatic rings. The number of nitrogens with zero attached hydrogens (tertiary/aromatic N) is 1. The Bertz CT molecular complexity index is 727. The van der Waals surface area contributed by atoms with E-state index in [1.165, 1.54) is 12.1 Å². The van der Waals surface area contributed by atoms with Crippen molar-refractivity contribution >= 4 is 42.1 Å². The molecule has 0 aliphatic carbocycles. The lowest BCUT2D eigenvalue weighted by Crippen LogP contribution is -2.31. The summed E-state index contributed by atoms with van der Waals surface area (Å²) in [4.78, 5) is 14.3. The van der Waals surface area contributed by atoms with Gasteiger partial charge in [0.1, 0.15) is 5.82 Å². The number of nitrogen functional groups attached to an aromatic ring is 1. The summed E-state index contributed by atoms with van der Waals surface area (Å²) in [6, 6.07) is 14.2. The topological polar surface area (TPSA) is 58.4 Å². The number of hydrogen-bond donors (Lipinski definition) is 2. The normalized spacial score (nSPS) is 15.6. The zero-order valence-electron chi connectivity index (χ0n) is 15.1. The van der Waals surface area contributed by atoms with Gasteiger partial charge in [-0.05, 0) is 54.7 Å². The Labute approximate surface area is 172 Å². The van der Waals surface area contributed by atoms with Gasteiger partial charge in [0, 0.05) is 37.4 Å². The third kappa shape index (κ3) is 6.60. The second-order valence-corrected chi connectivity index (χ2v) is 6.58. The SMILES string of the molecule is Cl.Cl.Nc1ccccc1CCC(=O)NCC1CCN(c2ccc(F)cc2)C1. The number of rotatable bonds is 6. The molecule has 27 heavy (non-hydrogen) atoms. The van der Waals surface area contributed by atoms with Crippen LogP contribution in [0.2, 0.25) is 0 Å². The van der Waals surface area contributed by atoms with Gasteiger partial charge in [0.25, 0.3) is 0 Å². The van der Waals surface area contributed by atoms with Gasteiger partial charge in [0.05, 0.1) is 0 Å². The van der Waals surface area contributed by atoms with Gasteiger partial charge in [-0.2, -0.15) is 0 Å². The van der Waals surface area contributed by atoms with E-state index in [-0.39, 0.29) is 36.5 Å². The van der Waals surface area contributed by atoms with Crippen LogP contribution in [0, 0.1) is 11.7 Å². The first-order valence-corrected chi connectivity index (χ1v) is 8.72. The molecule has 4 nitrogen and oxygen atoms in total. The van der Waals surface area contributed by atoms with Crippen molar-refractivity contribution in [3.05, 3.63) is 59.9 Å². The van der Waals surface area contributed by atoms with Crippen LogP contribution < -0.4 is 16.0 Å². The molecule has 0 bridgehead atoms. The molecule has 0 saturated carbocycles. The number of hydrogen-bond acceptors (Lipinski definition) is 3. The summed E-state index contributed by atoms with van der Waals surface area (Å²) in [5.74, 6) is 0.269. The Morgan fingerprint density at radius 2 is 1.85 bits per heavy atom. The molecule has 1 saturated heterocycles. The van der Waals surface area contributed by atoms with Crippen molar-refractivity contribution in [2.24, 2.45) is 5.92 Å². The average molecular weight is 414 g/mol. The summed E-state index contributed by atoms with van der Waals surface area (Å²) in [5, 5.41) is 3.03. The fraction of sp³-hybridized carbons (Fsp3) is 0.350. The molecule has 1 aliphatic heterocycles. The highest BCUT2D eigenvalue weighted by Gasteiger charge is 2.23. The number of carbonyl (C=O) groups is 1. The summed E-state index contributed by atoms with van der Waals surface area (Å²) in [6.07, 6.45) is 2.14. The molecule has 3 rings (SSSR count). The van der Waals surface area contributed by atoms with Crippen LogP contribution in [0.15, 0.2) is 48.5 Å². The predicted molar refractivity (Wildman–Crippen MR) is 113 cm³/mol.